The Bertz CT molecular complexity index is 802. The van der Waals surface area contributed by atoms with Crippen LogP contribution in [0, 0.1) is 0 Å². The average molecular weight is 370 g/mol. The summed E-state index contributed by atoms with van der Waals surface area (Å²) < 4.78 is 6.69. The number of nitrogens with zero attached hydrogens (tertiary/aromatic N) is 2. The van der Waals surface area contributed by atoms with Crippen LogP contribution in [0.4, 0.5) is 0 Å². The Morgan fingerprint density at radius 2 is 2.04 bits per heavy atom. The highest BCUT2D eigenvalue weighted by Gasteiger charge is 2.72. The van der Waals surface area contributed by atoms with Crippen LogP contribution >= 0.6 is 0 Å². The minimum atomic E-state index is -2.54. The molecule has 26 heavy (non-hydrogen) atoms. The number of carbonyl (C=O) groups is 1. The number of hydrogen-bond donors (Lipinski definition) is 5. The maximum atomic E-state index is 12.5. The number of piperazine rings is 1. The van der Waals surface area contributed by atoms with Crippen molar-refractivity contribution in [1.82, 2.24) is 19.8 Å². The van der Waals surface area contributed by atoms with E-state index in [1.54, 1.807) is 4.90 Å². The molecule has 2 aliphatic rings. The number of ketones is 1. The maximum Gasteiger partial charge on any atom is 0.331 e. The van der Waals surface area contributed by atoms with Gasteiger partial charge in [0.2, 0.25) is 11.4 Å². The summed E-state index contributed by atoms with van der Waals surface area (Å²) in [6.45, 7) is 1.93. The molecule has 0 aromatic carbocycles. The number of H-pyrrole nitrogens is 1. The second kappa shape index (κ2) is 6.68. The second-order valence-electron chi connectivity index (χ2n) is 6.43. The molecule has 2 fully saturated rings. The van der Waals surface area contributed by atoms with E-state index in [4.69, 9.17) is 4.74 Å². The van der Waals surface area contributed by atoms with Gasteiger partial charge in [0.1, 0.15) is 12.2 Å². The molecule has 4 atom stereocenters. The first-order valence-electron chi connectivity index (χ1n) is 8.27. The lowest BCUT2D eigenvalue weighted by molar-refractivity contribution is -0.275. The summed E-state index contributed by atoms with van der Waals surface area (Å²) >= 11 is 0. The zero-order chi connectivity index (χ0) is 19.1. The Balaban J connectivity index is 2.31. The number of aromatic nitrogens is 2. The normalized spacial score (nSPS) is 35.5. The molecule has 0 spiro atoms. The first-order chi connectivity index (χ1) is 12.3. The number of carbonyl (C=O) groups excluding carboxylic acids is 1. The summed E-state index contributed by atoms with van der Waals surface area (Å²) in [6, 6.07) is 1.05. The largest absolute Gasteiger partial charge is 0.394 e. The summed E-state index contributed by atoms with van der Waals surface area (Å²) in [5.41, 5.74) is -4.12. The van der Waals surface area contributed by atoms with Crippen molar-refractivity contribution in [3.05, 3.63) is 33.1 Å². The number of rotatable bonds is 4. The van der Waals surface area contributed by atoms with Crippen molar-refractivity contribution in [2.75, 3.05) is 32.8 Å². The van der Waals surface area contributed by atoms with Gasteiger partial charge in [-0.25, -0.2) is 4.79 Å². The Morgan fingerprint density at radius 1 is 1.38 bits per heavy atom. The number of hydrogen-bond acceptors (Lipinski definition) is 9. The molecule has 1 aromatic rings. The summed E-state index contributed by atoms with van der Waals surface area (Å²) in [7, 11) is 0. The third-order valence-electron chi connectivity index (χ3n) is 5.01. The smallest absolute Gasteiger partial charge is 0.331 e. The number of ether oxygens (including phenoxy) is 1. The first kappa shape index (κ1) is 18.9. The highest BCUT2D eigenvalue weighted by atomic mass is 16.6. The molecule has 3 heterocycles. The maximum absolute atomic E-state index is 12.5. The van der Waals surface area contributed by atoms with Gasteiger partial charge in [0.15, 0.2) is 5.78 Å². The van der Waals surface area contributed by atoms with Crippen molar-refractivity contribution in [2.45, 2.75) is 30.6 Å². The van der Waals surface area contributed by atoms with E-state index in [0.29, 0.717) is 13.1 Å². The summed E-state index contributed by atoms with van der Waals surface area (Å²) in [5.74, 6) is -2.95. The topological polar surface area (TPSA) is 157 Å². The standard InChI is InChI=1S/C15H22N4O7/c1-9(21)14(25)12(23)10(8-20)26-15(14,18-6-3-16-4-7-18)19-5-2-11(22)17-13(19)24/h2,5,10,12,16,20,23,25H,3-4,6-8H2,1H3,(H,17,22,24)/t10-,12-,14-,15+/m1/s1. The van der Waals surface area contributed by atoms with Crippen LogP contribution in [0.2, 0.25) is 0 Å². The lowest BCUT2D eigenvalue weighted by atomic mass is 9.85. The Morgan fingerprint density at radius 3 is 2.58 bits per heavy atom. The van der Waals surface area contributed by atoms with E-state index >= 15 is 0 Å². The van der Waals surface area contributed by atoms with Gasteiger partial charge in [0, 0.05) is 38.4 Å². The first-order valence-corrected chi connectivity index (χ1v) is 8.27. The minimum absolute atomic E-state index is 0.284. The van der Waals surface area contributed by atoms with E-state index in [9.17, 15) is 29.7 Å². The van der Waals surface area contributed by atoms with E-state index in [-0.39, 0.29) is 13.1 Å². The van der Waals surface area contributed by atoms with E-state index in [2.05, 4.69) is 10.3 Å². The number of aliphatic hydroxyl groups is 3. The fourth-order valence-electron chi connectivity index (χ4n) is 3.73. The molecule has 0 unspecified atom stereocenters. The Hall–Kier alpha value is -1.89. The third kappa shape index (κ3) is 2.47. The van der Waals surface area contributed by atoms with Gasteiger partial charge in [-0.1, -0.05) is 0 Å². The van der Waals surface area contributed by atoms with Crippen LogP contribution in [-0.2, 0) is 15.4 Å². The predicted octanol–water partition coefficient (Wildman–Crippen LogP) is -3.88. The molecule has 11 heteroatoms. The van der Waals surface area contributed by atoms with Crippen LogP contribution in [0.3, 0.4) is 0 Å². The highest BCUT2D eigenvalue weighted by Crippen LogP contribution is 2.46. The van der Waals surface area contributed by atoms with E-state index in [1.165, 1.54) is 0 Å². The van der Waals surface area contributed by atoms with Crippen LogP contribution in [0.1, 0.15) is 6.92 Å². The summed E-state index contributed by atoms with van der Waals surface area (Å²) in [4.78, 5) is 40.0. The minimum Gasteiger partial charge on any atom is -0.394 e. The molecule has 5 N–H and O–H groups in total. The number of aromatic amines is 1. The summed E-state index contributed by atoms with van der Waals surface area (Å²) in [5, 5.41) is 34.5. The molecule has 2 saturated heterocycles. The van der Waals surface area contributed by atoms with Gasteiger partial charge in [-0.3, -0.25) is 24.0 Å². The van der Waals surface area contributed by atoms with Gasteiger partial charge in [-0.2, -0.15) is 0 Å². The van der Waals surface area contributed by atoms with Gasteiger partial charge >= 0.3 is 5.69 Å². The molecule has 0 radical (unpaired) electrons. The molecule has 144 valence electrons. The van der Waals surface area contributed by atoms with Crippen molar-refractivity contribution in [3.8, 4) is 0 Å². The van der Waals surface area contributed by atoms with Gasteiger partial charge in [-0.15, -0.1) is 0 Å². The van der Waals surface area contributed by atoms with Crippen LogP contribution in [0.5, 0.6) is 0 Å². The fourth-order valence-corrected chi connectivity index (χ4v) is 3.73. The zero-order valence-electron chi connectivity index (χ0n) is 14.2. The van der Waals surface area contributed by atoms with E-state index < -0.39 is 47.3 Å². The number of nitrogens with one attached hydrogen (secondary N) is 2. The number of Topliss-reactive ketones (excluding diaryl/α,β-unsaturated/α-hetero) is 1. The van der Waals surface area contributed by atoms with Gasteiger partial charge in [0.05, 0.1) is 6.61 Å². The van der Waals surface area contributed by atoms with Crippen LogP contribution < -0.4 is 16.6 Å². The number of aliphatic hydroxyl groups excluding tert-OH is 2. The molecule has 11 nitrogen and oxygen atoms in total. The average Bonchev–Trinajstić information content (AvgIpc) is 2.86. The Labute approximate surface area is 147 Å². The molecule has 0 amide bonds. The van der Waals surface area contributed by atoms with Crippen molar-refractivity contribution < 1.29 is 24.9 Å². The highest BCUT2D eigenvalue weighted by molar-refractivity contribution is 5.87. The van der Waals surface area contributed by atoms with Gasteiger partial charge < -0.3 is 25.4 Å². The van der Waals surface area contributed by atoms with Crippen molar-refractivity contribution >= 4 is 5.78 Å². The molecular weight excluding hydrogens is 348 g/mol. The predicted molar refractivity (Wildman–Crippen MR) is 87.3 cm³/mol. The van der Waals surface area contributed by atoms with Crippen molar-refractivity contribution in [3.63, 3.8) is 0 Å². The second-order valence-corrected chi connectivity index (χ2v) is 6.43. The van der Waals surface area contributed by atoms with Crippen LogP contribution in [0.25, 0.3) is 0 Å². The Kier molecular flexibility index (Phi) is 4.86. The van der Waals surface area contributed by atoms with E-state index in [0.717, 1.165) is 23.8 Å². The molecule has 0 bridgehead atoms. The molecular formula is C15H22N4O7. The SMILES string of the molecule is CC(=O)[C@@]1(O)[C@H](O)[C@@H](CO)O[C@@]1(N1CCNCC1)n1ccc(=O)[nH]c1=O. The van der Waals surface area contributed by atoms with Crippen molar-refractivity contribution in [1.29, 1.82) is 0 Å². The van der Waals surface area contributed by atoms with E-state index in [1.807, 2.05) is 0 Å². The lowest BCUT2D eigenvalue weighted by Gasteiger charge is -2.49. The molecule has 0 saturated carbocycles. The quantitative estimate of drug-likeness (QED) is 0.358. The molecule has 1 aromatic heterocycles. The lowest BCUT2D eigenvalue weighted by Crippen LogP contribution is -2.73. The third-order valence-corrected chi connectivity index (χ3v) is 5.01. The zero-order valence-corrected chi connectivity index (χ0v) is 14.2. The molecule has 0 aliphatic carbocycles. The molecule has 2 aliphatic heterocycles. The van der Waals surface area contributed by atoms with Crippen LogP contribution in [-0.4, -0.2) is 86.1 Å². The monoisotopic (exact) mass is 370 g/mol. The molecule has 3 rings (SSSR count). The fraction of sp³-hybridized carbons (Fsp3) is 0.667. The summed E-state index contributed by atoms with van der Waals surface area (Å²) in [6.07, 6.45) is -1.99. The van der Waals surface area contributed by atoms with Gasteiger partial charge in [-0.05, 0) is 6.92 Å². The van der Waals surface area contributed by atoms with Crippen LogP contribution in [0.15, 0.2) is 21.9 Å². The van der Waals surface area contributed by atoms with Crippen molar-refractivity contribution in [2.24, 2.45) is 0 Å². The van der Waals surface area contributed by atoms with Gasteiger partial charge in [0.25, 0.3) is 5.56 Å².